The second-order valence-electron chi connectivity index (χ2n) is 18.3. The minimum atomic E-state index is 0.0804. The molecule has 4 aromatic heterocycles. The van der Waals surface area contributed by atoms with E-state index in [1.807, 2.05) is 45.3 Å². The summed E-state index contributed by atoms with van der Waals surface area (Å²) in [6.45, 7) is 26.0. The van der Waals surface area contributed by atoms with Gasteiger partial charge in [-0.1, -0.05) is 113 Å². The van der Waals surface area contributed by atoms with E-state index in [-0.39, 0.29) is 16.2 Å². The van der Waals surface area contributed by atoms with Gasteiger partial charge in [-0.25, -0.2) is 0 Å². The molecule has 4 heteroatoms. The standard InChI is InChI=1S/C47H44S4/c1-22(2)31-18-27-28-19-32(45(3,4)5)49-42(28)38-24-15-13-17-26-36(24)35-23(37(38)41(27)48-31)14-12-16-25(35)39-40(26)44-30(21-34(51-44)47(9,10)11)29-20-33(46(6,7)8)50-43(29)39/h12-22H,1-11H3. The highest BCUT2D eigenvalue weighted by Gasteiger charge is 2.29. The van der Waals surface area contributed by atoms with Crippen molar-refractivity contribution < 1.29 is 0 Å². The summed E-state index contributed by atoms with van der Waals surface area (Å²) in [7, 11) is 0. The molecule has 0 N–H and O–H groups in total. The Morgan fingerprint density at radius 1 is 0.373 bits per heavy atom. The highest BCUT2D eigenvalue weighted by molar-refractivity contribution is 7.24. The zero-order valence-corrected chi connectivity index (χ0v) is 34.7. The van der Waals surface area contributed by atoms with Gasteiger partial charge in [-0.3, -0.25) is 0 Å². The van der Waals surface area contributed by atoms with Crippen LogP contribution in [-0.4, -0.2) is 0 Å². The molecule has 256 valence electrons. The first-order valence-corrected chi connectivity index (χ1v) is 21.6. The predicted octanol–water partition coefficient (Wildman–Crippen LogP) is 16.8. The van der Waals surface area contributed by atoms with Crippen LogP contribution in [0.5, 0.6) is 0 Å². The molecule has 0 unspecified atom stereocenters. The van der Waals surface area contributed by atoms with Gasteiger partial charge in [-0.2, -0.15) is 0 Å². The van der Waals surface area contributed by atoms with Crippen molar-refractivity contribution in [3.63, 3.8) is 0 Å². The summed E-state index contributed by atoms with van der Waals surface area (Å²) in [6, 6.07) is 24.6. The fraction of sp³-hybridized carbons (Fsp3) is 0.319. The zero-order chi connectivity index (χ0) is 35.7. The van der Waals surface area contributed by atoms with Gasteiger partial charge in [0.15, 0.2) is 0 Å². The number of rotatable bonds is 1. The second kappa shape index (κ2) is 10.2. The Balaban J connectivity index is 1.54. The summed E-state index contributed by atoms with van der Waals surface area (Å²) in [5.41, 5.74) is 0.247. The molecule has 0 aliphatic heterocycles. The van der Waals surface area contributed by atoms with E-state index >= 15 is 0 Å². The van der Waals surface area contributed by atoms with Crippen molar-refractivity contribution in [1.82, 2.24) is 0 Å². The van der Waals surface area contributed by atoms with Gasteiger partial charge in [0.1, 0.15) is 0 Å². The van der Waals surface area contributed by atoms with Crippen LogP contribution >= 0.6 is 45.3 Å². The highest BCUT2D eigenvalue weighted by Crippen LogP contribution is 2.56. The zero-order valence-electron chi connectivity index (χ0n) is 31.5. The molecule has 0 saturated heterocycles. The van der Waals surface area contributed by atoms with E-state index in [4.69, 9.17) is 0 Å². The Morgan fingerprint density at radius 3 is 0.961 bits per heavy atom. The molecule has 0 amide bonds. The third-order valence-electron chi connectivity index (χ3n) is 11.2. The molecule has 51 heavy (non-hydrogen) atoms. The highest BCUT2D eigenvalue weighted by atomic mass is 32.1. The Morgan fingerprint density at radius 2 is 0.667 bits per heavy atom. The minimum absolute atomic E-state index is 0.0804. The molecule has 0 aliphatic rings. The number of benzene rings is 6. The van der Waals surface area contributed by atoms with Gasteiger partial charge in [0, 0.05) is 81.4 Å². The summed E-state index contributed by atoms with van der Waals surface area (Å²) in [4.78, 5) is 5.86. The largest absolute Gasteiger partial charge is 0.139 e. The Hall–Kier alpha value is -3.28. The number of hydrogen-bond donors (Lipinski definition) is 0. The SMILES string of the molecule is CC(C)c1cc2c3cc(C(C)(C)C)sc3c3c4cccc5c4c4c(cccc4c4c6sc(C(C)(C)C)cc6c6cc(C(C)(C)C)sc6c54)c3c2s1. The van der Waals surface area contributed by atoms with E-state index in [1.54, 1.807) is 0 Å². The Kier molecular flexibility index (Phi) is 6.49. The average Bonchev–Trinajstić information content (AvgIpc) is 3.85. The van der Waals surface area contributed by atoms with Crippen LogP contribution in [0.4, 0.5) is 0 Å². The summed E-state index contributed by atoms with van der Waals surface area (Å²) >= 11 is 8.11. The second-order valence-corrected chi connectivity index (χ2v) is 22.6. The van der Waals surface area contributed by atoms with Gasteiger partial charge in [0.25, 0.3) is 0 Å². The monoisotopic (exact) mass is 736 g/mol. The number of fused-ring (bicyclic) bond motifs is 16. The number of thiophene rings is 4. The van der Waals surface area contributed by atoms with Crippen LogP contribution in [0.15, 0.2) is 60.7 Å². The molecular weight excluding hydrogens is 693 g/mol. The molecule has 0 fully saturated rings. The Labute approximate surface area is 316 Å². The third kappa shape index (κ3) is 4.34. The van der Waals surface area contributed by atoms with Crippen molar-refractivity contribution in [2.75, 3.05) is 0 Å². The van der Waals surface area contributed by atoms with Crippen molar-refractivity contribution in [1.29, 1.82) is 0 Å². The van der Waals surface area contributed by atoms with E-state index < -0.39 is 0 Å². The van der Waals surface area contributed by atoms with Gasteiger partial charge >= 0.3 is 0 Å². The molecule has 0 nitrogen and oxygen atoms in total. The molecule has 0 radical (unpaired) electrons. The fourth-order valence-corrected chi connectivity index (χ4v) is 13.6. The van der Waals surface area contributed by atoms with Crippen molar-refractivity contribution >= 4 is 140 Å². The van der Waals surface area contributed by atoms with Gasteiger partial charge in [0.05, 0.1) is 0 Å². The maximum Gasteiger partial charge on any atom is 0.0437 e. The quantitative estimate of drug-likeness (QED) is 0.116. The first-order chi connectivity index (χ1) is 24.0. The summed E-state index contributed by atoms with van der Waals surface area (Å²) < 4.78 is 5.80. The molecule has 0 spiro atoms. The van der Waals surface area contributed by atoms with Gasteiger partial charge in [-0.15, -0.1) is 45.3 Å². The van der Waals surface area contributed by atoms with Crippen LogP contribution in [0.1, 0.15) is 102 Å². The van der Waals surface area contributed by atoms with Crippen LogP contribution in [-0.2, 0) is 16.2 Å². The van der Waals surface area contributed by atoms with E-state index in [9.17, 15) is 0 Å². The van der Waals surface area contributed by atoms with E-state index in [0.29, 0.717) is 5.92 Å². The molecule has 0 atom stereocenters. The predicted molar refractivity (Wildman–Crippen MR) is 237 cm³/mol. The van der Waals surface area contributed by atoms with Gasteiger partial charge < -0.3 is 0 Å². The first kappa shape index (κ1) is 32.4. The van der Waals surface area contributed by atoms with Gasteiger partial charge in [0.2, 0.25) is 0 Å². The van der Waals surface area contributed by atoms with E-state index in [1.165, 1.54) is 114 Å². The van der Waals surface area contributed by atoms with Gasteiger partial charge in [-0.05, 0) is 78.7 Å². The lowest BCUT2D eigenvalue weighted by Gasteiger charge is -2.19. The smallest absolute Gasteiger partial charge is 0.0437 e. The summed E-state index contributed by atoms with van der Waals surface area (Å²) in [5.74, 6) is 0.489. The molecule has 10 rings (SSSR count). The third-order valence-corrected chi connectivity index (χ3v) is 17.4. The van der Waals surface area contributed by atoms with E-state index in [2.05, 4.69) is 137 Å². The van der Waals surface area contributed by atoms with Crippen LogP contribution in [0.25, 0.3) is 94.2 Å². The average molecular weight is 737 g/mol. The lowest BCUT2D eigenvalue weighted by atomic mass is 9.84. The first-order valence-electron chi connectivity index (χ1n) is 18.4. The van der Waals surface area contributed by atoms with Crippen molar-refractivity contribution in [2.45, 2.75) is 98.3 Å². The van der Waals surface area contributed by atoms with E-state index in [0.717, 1.165) is 0 Å². The number of hydrogen-bond acceptors (Lipinski definition) is 4. The maximum absolute atomic E-state index is 2.53. The van der Waals surface area contributed by atoms with Crippen LogP contribution < -0.4 is 0 Å². The molecule has 0 bridgehead atoms. The molecular formula is C47H44S4. The fourth-order valence-electron chi connectivity index (χ4n) is 8.48. The topological polar surface area (TPSA) is 0 Å². The van der Waals surface area contributed by atoms with Crippen LogP contribution in [0, 0.1) is 0 Å². The molecule has 0 aliphatic carbocycles. The molecule has 0 saturated carbocycles. The van der Waals surface area contributed by atoms with Crippen molar-refractivity contribution in [3.05, 3.63) is 80.2 Å². The van der Waals surface area contributed by atoms with Crippen LogP contribution in [0.2, 0.25) is 0 Å². The van der Waals surface area contributed by atoms with Crippen LogP contribution in [0.3, 0.4) is 0 Å². The van der Waals surface area contributed by atoms with Crippen molar-refractivity contribution in [3.8, 4) is 0 Å². The molecule has 6 aromatic carbocycles. The summed E-state index contributed by atoms with van der Waals surface area (Å²) in [5, 5.41) is 20.0. The Bertz CT molecular complexity index is 3090. The lowest BCUT2D eigenvalue weighted by molar-refractivity contribution is 0.604. The summed E-state index contributed by atoms with van der Waals surface area (Å²) in [6.07, 6.45) is 0. The minimum Gasteiger partial charge on any atom is -0.139 e. The lowest BCUT2D eigenvalue weighted by Crippen LogP contribution is -2.07. The molecule has 4 heterocycles. The normalized spacial score (nSPS) is 14.0. The van der Waals surface area contributed by atoms with Crippen molar-refractivity contribution in [2.24, 2.45) is 0 Å². The maximum atomic E-state index is 2.53. The molecule has 10 aromatic rings.